The van der Waals surface area contributed by atoms with Crippen molar-refractivity contribution in [2.24, 2.45) is 0 Å². The van der Waals surface area contributed by atoms with E-state index in [4.69, 9.17) is 5.73 Å². The number of carbonyl (C=O) groups excluding carboxylic acids is 1. The van der Waals surface area contributed by atoms with E-state index in [0.717, 1.165) is 24.2 Å². The Bertz CT molecular complexity index is 573. The molecule has 8 heteroatoms. The lowest BCUT2D eigenvalue weighted by Gasteiger charge is -2.11. The second-order valence-corrected chi connectivity index (χ2v) is 6.93. The van der Waals surface area contributed by atoms with Crippen molar-refractivity contribution in [1.82, 2.24) is 0 Å². The third-order valence-corrected chi connectivity index (χ3v) is 4.64. The summed E-state index contributed by atoms with van der Waals surface area (Å²) in [6.07, 6.45) is 1.01. The Labute approximate surface area is 123 Å². The van der Waals surface area contributed by atoms with Crippen LogP contribution < -0.4 is 10.5 Å². The molecule has 0 saturated carbocycles. The van der Waals surface area contributed by atoms with Crippen molar-refractivity contribution in [3.05, 3.63) is 18.2 Å². The first-order chi connectivity index (χ1) is 9.38. The summed E-state index contributed by atoms with van der Waals surface area (Å²) in [5, 5.41) is 0. The van der Waals surface area contributed by atoms with Gasteiger partial charge in [-0.15, -0.1) is 11.8 Å². The zero-order chi connectivity index (χ0) is 15.2. The van der Waals surface area contributed by atoms with Gasteiger partial charge in [0.25, 0.3) is 0 Å². The summed E-state index contributed by atoms with van der Waals surface area (Å²) in [7, 11) is -2.69. The van der Waals surface area contributed by atoms with Gasteiger partial charge in [0.1, 0.15) is 0 Å². The molecule has 6 nitrogen and oxygen atoms in total. The first-order valence-corrected chi connectivity index (χ1v) is 8.61. The van der Waals surface area contributed by atoms with Gasteiger partial charge in [-0.1, -0.05) is 6.92 Å². The molecule has 0 radical (unpaired) electrons. The molecule has 112 valence electrons. The highest BCUT2D eigenvalue weighted by molar-refractivity contribution is 7.99. The molecule has 0 spiro atoms. The van der Waals surface area contributed by atoms with Crippen molar-refractivity contribution in [1.29, 1.82) is 0 Å². The van der Waals surface area contributed by atoms with Gasteiger partial charge in [-0.05, 0) is 30.4 Å². The topological polar surface area (TPSA) is 98.5 Å². The minimum absolute atomic E-state index is 0.273. The minimum Gasteiger partial charge on any atom is -0.468 e. The van der Waals surface area contributed by atoms with Crippen LogP contribution in [0.25, 0.3) is 0 Å². The highest BCUT2D eigenvalue weighted by atomic mass is 32.2. The molecule has 3 N–H and O–H groups in total. The highest BCUT2D eigenvalue weighted by Gasteiger charge is 2.18. The van der Waals surface area contributed by atoms with Crippen LogP contribution in [0.4, 0.5) is 11.4 Å². The molecule has 0 saturated heterocycles. The van der Waals surface area contributed by atoms with E-state index in [1.165, 1.54) is 0 Å². The number of methoxy groups -OCH3 is 1. The number of rotatable bonds is 7. The van der Waals surface area contributed by atoms with Gasteiger partial charge in [0.15, 0.2) is 5.75 Å². The quantitative estimate of drug-likeness (QED) is 0.451. The van der Waals surface area contributed by atoms with Crippen molar-refractivity contribution < 1.29 is 17.9 Å². The van der Waals surface area contributed by atoms with Crippen molar-refractivity contribution in [2.75, 3.05) is 29.1 Å². The normalized spacial score (nSPS) is 11.1. The number of carbonyl (C=O) groups is 1. The van der Waals surface area contributed by atoms with E-state index in [9.17, 15) is 13.2 Å². The molecule has 0 aliphatic heterocycles. The molecule has 0 amide bonds. The number of esters is 1. The molecule has 0 unspecified atom stereocenters. The van der Waals surface area contributed by atoms with Crippen LogP contribution in [-0.2, 0) is 19.6 Å². The predicted octanol–water partition coefficient (Wildman–Crippen LogP) is 1.69. The number of hydrogen-bond donors (Lipinski definition) is 2. The van der Waals surface area contributed by atoms with Gasteiger partial charge in [-0.25, -0.2) is 8.42 Å². The number of ether oxygens (including phenoxy) is 1. The summed E-state index contributed by atoms with van der Waals surface area (Å²) < 4.78 is 30.2. The molecule has 0 bridgehead atoms. The monoisotopic (exact) mass is 318 g/mol. The van der Waals surface area contributed by atoms with Crippen LogP contribution in [0.3, 0.4) is 0 Å². The molecule has 0 aliphatic rings. The van der Waals surface area contributed by atoms with Crippen molar-refractivity contribution in [2.45, 2.75) is 18.2 Å². The molecule has 1 rings (SSSR count). The molecule has 0 aromatic heterocycles. The van der Waals surface area contributed by atoms with E-state index in [-0.39, 0.29) is 5.69 Å². The molecule has 1 aromatic rings. The third kappa shape index (κ3) is 5.30. The summed E-state index contributed by atoms with van der Waals surface area (Å²) in [5.41, 5.74) is 6.31. The summed E-state index contributed by atoms with van der Waals surface area (Å²) in [5.74, 6) is -0.638. The maximum atomic E-state index is 11.8. The average Bonchev–Trinajstić information content (AvgIpc) is 2.38. The lowest BCUT2D eigenvalue weighted by atomic mass is 10.3. The first-order valence-electron chi connectivity index (χ1n) is 5.97. The Morgan fingerprint density at radius 1 is 1.45 bits per heavy atom. The maximum Gasteiger partial charge on any atom is 0.322 e. The Balaban J connectivity index is 2.87. The summed E-state index contributed by atoms with van der Waals surface area (Å²) in [6.45, 7) is 2.06. The second kappa shape index (κ2) is 7.39. The molecular weight excluding hydrogens is 300 g/mol. The Morgan fingerprint density at radius 2 is 2.15 bits per heavy atom. The van der Waals surface area contributed by atoms with Crippen molar-refractivity contribution in [3.8, 4) is 0 Å². The SMILES string of the molecule is CCCSc1ccc(N)c(NS(=O)(=O)CC(=O)OC)c1. The van der Waals surface area contributed by atoms with Crippen molar-refractivity contribution in [3.63, 3.8) is 0 Å². The highest BCUT2D eigenvalue weighted by Crippen LogP contribution is 2.27. The van der Waals surface area contributed by atoms with Crippen LogP contribution in [0.2, 0.25) is 0 Å². The van der Waals surface area contributed by atoms with Crippen LogP contribution in [-0.4, -0.2) is 33.0 Å². The van der Waals surface area contributed by atoms with Crippen LogP contribution in [0.15, 0.2) is 23.1 Å². The Hall–Kier alpha value is -1.41. The number of hydrogen-bond acceptors (Lipinski definition) is 6. The number of benzene rings is 1. The molecule has 0 atom stereocenters. The molecule has 0 aliphatic carbocycles. The second-order valence-electron chi connectivity index (χ2n) is 4.03. The Kier molecular flexibility index (Phi) is 6.15. The Morgan fingerprint density at radius 3 is 2.75 bits per heavy atom. The standard InChI is InChI=1S/C12H18N2O4S2/c1-3-6-19-9-4-5-10(13)11(7-9)14-20(16,17)8-12(15)18-2/h4-5,7,14H,3,6,8,13H2,1-2H3. The summed E-state index contributed by atoms with van der Waals surface area (Å²) in [4.78, 5) is 11.9. The van der Waals surface area contributed by atoms with Gasteiger partial charge in [-0.2, -0.15) is 0 Å². The number of thioether (sulfide) groups is 1. The summed E-state index contributed by atoms with van der Waals surface area (Å²) in [6, 6.07) is 5.12. The smallest absolute Gasteiger partial charge is 0.322 e. The number of nitrogens with one attached hydrogen (secondary N) is 1. The molecule has 20 heavy (non-hydrogen) atoms. The van der Waals surface area contributed by atoms with E-state index >= 15 is 0 Å². The van der Waals surface area contributed by atoms with Crippen LogP contribution in [0.5, 0.6) is 0 Å². The molecule has 0 fully saturated rings. The van der Waals surface area contributed by atoms with Crippen LogP contribution in [0.1, 0.15) is 13.3 Å². The predicted molar refractivity (Wildman–Crippen MR) is 81.3 cm³/mol. The van der Waals surface area contributed by atoms with Gasteiger partial charge < -0.3 is 10.5 Å². The van der Waals surface area contributed by atoms with Gasteiger partial charge in [-0.3, -0.25) is 9.52 Å². The fourth-order valence-electron chi connectivity index (χ4n) is 1.35. The van der Waals surface area contributed by atoms with Gasteiger partial charge in [0.2, 0.25) is 10.0 Å². The van der Waals surface area contributed by atoms with Crippen LogP contribution in [0, 0.1) is 0 Å². The zero-order valence-corrected chi connectivity index (χ0v) is 13.0. The zero-order valence-electron chi connectivity index (χ0n) is 11.4. The number of sulfonamides is 1. The maximum absolute atomic E-state index is 11.8. The third-order valence-electron chi connectivity index (χ3n) is 2.30. The lowest BCUT2D eigenvalue weighted by molar-refractivity contribution is -0.137. The van der Waals surface area contributed by atoms with Crippen LogP contribution >= 0.6 is 11.8 Å². The van der Waals surface area contributed by atoms with Gasteiger partial charge in [0, 0.05) is 4.90 Å². The lowest BCUT2D eigenvalue weighted by Crippen LogP contribution is -2.24. The summed E-state index contributed by atoms with van der Waals surface area (Å²) >= 11 is 1.61. The van der Waals surface area contributed by atoms with E-state index in [1.54, 1.807) is 23.9 Å². The van der Waals surface area contributed by atoms with Crippen molar-refractivity contribution >= 4 is 39.1 Å². The number of anilines is 2. The van der Waals surface area contributed by atoms with Gasteiger partial charge in [0.05, 0.1) is 18.5 Å². The van der Waals surface area contributed by atoms with E-state index < -0.39 is 21.7 Å². The fraction of sp³-hybridized carbons (Fsp3) is 0.417. The fourth-order valence-corrected chi connectivity index (χ4v) is 3.17. The molecule has 1 aromatic carbocycles. The van der Waals surface area contributed by atoms with E-state index in [0.29, 0.717) is 5.69 Å². The van der Waals surface area contributed by atoms with E-state index in [2.05, 4.69) is 16.4 Å². The number of nitrogens with two attached hydrogens (primary N) is 1. The number of nitrogen functional groups attached to an aromatic ring is 1. The largest absolute Gasteiger partial charge is 0.468 e. The minimum atomic E-state index is -3.82. The van der Waals surface area contributed by atoms with E-state index in [1.807, 2.05) is 6.07 Å². The molecule has 0 heterocycles. The average molecular weight is 318 g/mol. The first kappa shape index (κ1) is 16.6. The molecular formula is C12H18N2O4S2. The van der Waals surface area contributed by atoms with Gasteiger partial charge >= 0.3 is 5.97 Å².